The van der Waals surface area contributed by atoms with Gasteiger partial charge in [0.2, 0.25) is 0 Å². The molecule has 1 aromatic carbocycles. The van der Waals surface area contributed by atoms with Gasteiger partial charge in [-0.3, -0.25) is 4.79 Å². The van der Waals surface area contributed by atoms with Crippen LogP contribution >= 0.6 is 15.9 Å². The molecule has 94 valence electrons. The number of phenolic OH excluding ortho intramolecular Hbond substituents is 1. The number of aromatic hydroxyl groups is 1. The lowest BCUT2D eigenvalue weighted by Gasteiger charge is -2.13. The van der Waals surface area contributed by atoms with Gasteiger partial charge in [-0.25, -0.2) is 0 Å². The van der Waals surface area contributed by atoms with Crippen molar-refractivity contribution in [1.29, 1.82) is 0 Å². The van der Waals surface area contributed by atoms with E-state index in [2.05, 4.69) is 15.9 Å². The number of carbonyl (C=O) groups excluding carboxylic acids is 1. The van der Waals surface area contributed by atoms with Gasteiger partial charge >= 0.3 is 0 Å². The second-order valence-electron chi connectivity index (χ2n) is 3.28. The molecular weight excluding hydrogens is 290 g/mol. The third kappa shape index (κ3) is 2.70. The van der Waals surface area contributed by atoms with Crippen LogP contribution in [0.15, 0.2) is 10.5 Å². The Labute approximate surface area is 108 Å². The monoisotopic (exact) mass is 303 g/mol. The molecule has 0 aromatic heterocycles. The molecule has 0 saturated heterocycles. The molecule has 0 atom stereocenters. The predicted octanol–water partition coefficient (Wildman–Crippen LogP) is 1.70. The summed E-state index contributed by atoms with van der Waals surface area (Å²) in [7, 11) is 2.90. The number of benzene rings is 1. The topological polar surface area (TPSA) is 81.8 Å². The highest BCUT2D eigenvalue weighted by Gasteiger charge is 2.20. The molecule has 0 amide bonds. The predicted molar refractivity (Wildman–Crippen MR) is 66.9 cm³/mol. The van der Waals surface area contributed by atoms with Crippen LogP contribution < -0.4 is 15.2 Å². The fourth-order valence-corrected chi connectivity index (χ4v) is 1.99. The third-order valence-corrected chi connectivity index (χ3v) is 2.99. The van der Waals surface area contributed by atoms with E-state index in [0.717, 1.165) is 0 Å². The number of hydrogen-bond acceptors (Lipinski definition) is 5. The molecular formula is C11H14BrNO4. The van der Waals surface area contributed by atoms with Crippen LogP contribution in [0.25, 0.3) is 0 Å². The van der Waals surface area contributed by atoms with Crippen molar-refractivity contribution in [3.05, 3.63) is 16.1 Å². The Kier molecular flexibility index (Phi) is 4.77. The number of nitrogens with two attached hydrogens (primary N) is 1. The van der Waals surface area contributed by atoms with Gasteiger partial charge in [-0.1, -0.05) is 0 Å². The number of halogens is 1. The number of ether oxygens (including phenoxy) is 2. The van der Waals surface area contributed by atoms with Crippen LogP contribution in [0.5, 0.6) is 17.2 Å². The van der Waals surface area contributed by atoms with E-state index in [1.807, 2.05) is 0 Å². The number of hydrogen-bond donors (Lipinski definition) is 2. The molecule has 17 heavy (non-hydrogen) atoms. The SMILES string of the molecule is COc1cc(C(=O)CCN)c(O)c(Br)c1OC. The van der Waals surface area contributed by atoms with E-state index in [0.29, 0.717) is 16.0 Å². The van der Waals surface area contributed by atoms with Crippen molar-refractivity contribution in [2.24, 2.45) is 5.73 Å². The zero-order valence-corrected chi connectivity index (χ0v) is 11.2. The molecule has 0 aliphatic heterocycles. The average Bonchev–Trinajstić information content (AvgIpc) is 2.32. The first kappa shape index (κ1) is 13.8. The lowest BCUT2D eigenvalue weighted by atomic mass is 10.1. The first-order chi connectivity index (χ1) is 8.06. The van der Waals surface area contributed by atoms with Gasteiger partial charge in [0, 0.05) is 6.42 Å². The van der Waals surface area contributed by atoms with Crippen molar-refractivity contribution >= 4 is 21.7 Å². The van der Waals surface area contributed by atoms with E-state index in [1.54, 1.807) is 0 Å². The van der Waals surface area contributed by atoms with Crippen LogP contribution in [0.4, 0.5) is 0 Å². The molecule has 0 unspecified atom stereocenters. The van der Waals surface area contributed by atoms with E-state index in [4.69, 9.17) is 15.2 Å². The zero-order chi connectivity index (χ0) is 13.0. The molecule has 1 rings (SSSR count). The maximum Gasteiger partial charge on any atom is 0.178 e. The number of methoxy groups -OCH3 is 2. The van der Waals surface area contributed by atoms with Crippen LogP contribution in [0.3, 0.4) is 0 Å². The van der Waals surface area contributed by atoms with Gasteiger partial charge in [0.1, 0.15) is 10.2 Å². The summed E-state index contributed by atoms with van der Waals surface area (Å²) in [4.78, 5) is 11.7. The largest absolute Gasteiger partial charge is 0.506 e. The summed E-state index contributed by atoms with van der Waals surface area (Å²) < 4.78 is 10.5. The zero-order valence-electron chi connectivity index (χ0n) is 9.62. The molecule has 5 nitrogen and oxygen atoms in total. The Morgan fingerprint density at radius 3 is 2.59 bits per heavy atom. The van der Waals surface area contributed by atoms with Crippen LogP contribution in [-0.2, 0) is 0 Å². The molecule has 1 aromatic rings. The molecule has 0 radical (unpaired) electrons. The first-order valence-corrected chi connectivity index (χ1v) is 5.72. The molecule has 6 heteroatoms. The lowest BCUT2D eigenvalue weighted by molar-refractivity contribution is 0.0982. The van der Waals surface area contributed by atoms with E-state index >= 15 is 0 Å². The Morgan fingerprint density at radius 2 is 2.12 bits per heavy atom. The minimum Gasteiger partial charge on any atom is -0.506 e. The van der Waals surface area contributed by atoms with Crippen molar-refractivity contribution in [2.45, 2.75) is 6.42 Å². The number of phenols is 1. The second kappa shape index (κ2) is 5.88. The second-order valence-corrected chi connectivity index (χ2v) is 4.08. The summed E-state index contributed by atoms with van der Waals surface area (Å²) in [6.07, 6.45) is 0.162. The summed E-state index contributed by atoms with van der Waals surface area (Å²) in [5, 5.41) is 9.88. The number of ketones is 1. The van der Waals surface area contributed by atoms with E-state index in [-0.39, 0.29) is 30.1 Å². The summed E-state index contributed by atoms with van der Waals surface area (Å²) in [5.41, 5.74) is 5.48. The van der Waals surface area contributed by atoms with E-state index in [9.17, 15) is 9.90 Å². The minimum absolute atomic E-state index is 0.162. The highest BCUT2D eigenvalue weighted by Crippen LogP contribution is 2.43. The van der Waals surface area contributed by atoms with E-state index in [1.165, 1.54) is 20.3 Å². The standard InChI is InChI=1S/C11H14BrNO4/c1-16-8-5-6(7(14)3-4-13)10(15)9(12)11(8)17-2/h5,15H,3-4,13H2,1-2H3. The van der Waals surface area contributed by atoms with Crippen molar-refractivity contribution < 1.29 is 19.4 Å². The molecule has 0 aliphatic carbocycles. The van der Waals surface area contributed by atoms with Crippen molar-refractivity contribution in [3.8, 4) is 17.2 Å². The molecule has 0 bridgehead atoms. The highest BCUT2D eigenvalue weighted by atomic mass is 79.9. The Bertz CT molecular complexity index is 434. The lowest BCUT2D eigenvalue weighted by Crippen LogP contribution is -2.09. The summed E-state index contributed by atoms with van der Waals surface area (Å²) in [6, 6.07) is 1.44. The van der Waals surface area contributed by atoms with E-state index < -0.39 is 0 Å². The molecule has 3 N–H and O–H groups in total. The van der Waals surface area contributed by atoms with Gasteiger partial charge in [0.15, 0.2) is 17.3 Å². The van der Waals surface area contributed by atoms with Gasteiger partial charge in [-0.2, -0.15) is 0 Å². The third-order valence-electron chi connectivity index (χ3n) is 2.26. The Balaban J connectivity index is 3.34. The molecule has 0 heterocycles. The van der Waals surface area contributed by atoms with Crippen molar-refractivity contribution in [2.75, 3.05) is 20.8 Å². The summed E-state index contributed by atoms with van der Waals surface area (Å²) in [5.74, 6) is 0.305. The fraction of sp³-hybridized carbons (Fsp3) is 0.364. The maximum absolute atomic E-state index is 11.7. The van der Waals surface area contributed by atoms with Gasteiger partial charge in [0.05, 0.1) is 19.8 Å². The van der Waals surface area contributed by atoms with Gasteiger partial charge < -0.3 is 20.3 Å². The summed E-state index contributed by atoms with van der Waals surface area (Å²) >= 11 is 3.16. The first-order valence-electron chi connectivity index (χ1n) is 4.93. The van der Waals surface area contributed by atoms with Gasteiger partial charge in [-0.05, 0) is 28.5 Å². The van der Waals surface area contributed by atoms with Crippen molar-refractivity contribution in [1.82, 2.24) is 0 Å². The van der Waals surface area contributed by atoms with Crippen LogP contribution in [0.2, 0.25) is 0 Å². The summed E-state index contributed by atoms with van der Waals surface area (Å²) in [6.45, 7) is 0.226. The van der Waals surface area contributed by atoms with Gasteiger partial charge in [0.25, 0.3) is 0 Å². The smallest absolute Gasteiger partial charge is 0.178 e. The Morgan fingerprint density at radius 1 is 1.47 bits per heavy atom. The number of rotatable bonds is 5. The minimum atomic E-state index is -0.244. The van der Waals surface area contributed by atoms with Crippen LogP contribution in [-0.4, -0.2) is 31.7 Å². The maximum atomic E-state index is 11.7. The van der Waals surface area contributed by atoms with Crippen molar-refractivity contribution in [3.63, 3.8) is 0 Å². The van der Waals surface area contributed by atoms with Crippen LogP contribution in [0.1, 0.15) is 16.8 Å². The highest BCUT2D eigenvalue weighted by molar-refractivity contribution is 9.10. The molecule has 0 aliphatic rings. The Hall–Kier alpha value is -1.27. The number of Topliss-reactive ketones (excluding diaryl/α,β-unsaturated/α-hetero) is 1. The number of carbonyl (C=O) groups is 1. The normalized spacial score (nSPS) is 10.1. The fourth-order valence-electron chi connectivity index (χ4n) is 1.42. The quantitative estimate of drug-likeness (QED) is 0.809. The molecule has 0 spiro atoms. The van der Waals surface area contributed by atoms with Gasteiger partial charge in [-0.15, -0.1) is 0 Å². The molecule has 0 fully saturated rings. The average molecular weight is 304 g/mol. The van der Waals surface area contributed by atoms with Crippen LogP contribution in [0, 0.1) is 0 Å². The molecule has 0 saturated carbocycles.